The third-order valence-electron chi connectivity index (χ3n) is 8.62. The lowest BCUT2D eigenvalue weighted by atomic mass is 9.46. The molecule has 3 fully saturated rings. The van der Waals surface area contributed by atoms with E-state index < -0.39 is 6.10 Å². The Morgan fingerprint density at radius 3 is 2.73 bits per heavy atom. The van der Waals surface area contributed by atoms with Crippen LogP contribution in [0.1, 0.15) is 52.9 Å². The highest BCUT2D eigenvalue weighted by Gasteiger charge is 2.62. The van der Waals surface area contributed by atoms with E-state index in [-0.39, 0.29) is 40.3 Å². The fourth-order valence-electron chi connectivity index (χ4n) is 7.38. The van der Waals surface area contributed by atoms with E-state index in [4.69, 9.17) is 5.73 Å². The number of allylic oxidation sites excluding steroid dienone is 4. The van der Waals surface area contributed by atoms with Gasteiger partial charge in [0.15, 0.2) is 5.78 Å². The summed E-state index contributed by atoms with van der Waals surface area (Å²) in [7, 11) is 0. The summed E-state index contributed by atoms with van der Waals surface area (Å²) in [6.45, 7) is 6.43. The van der Waals surface area contributed by atoms with E-state index >= 15 is 0 Å². The highest BCUT2D eigenvalue weighted by molar-refractivity contribution is 6.01. The molecule has 0 aromatic heterocycles. The van der Waals surface area contributed by atoms with Crippen molar-refractivity contribution in [3.63, 3.8) is 0 Å². The lowest BCUT2D eigenvalue weighted by Gasteiger charge is -2.59. The number of primary amides is 1. The fourth-order valence-corrected chi connectivity index (χ4v) is 7.38. The molecule has 3 saturated carbocycles. The van der Waals surface area contributed by atoms with Gasteiger partial charge in [-0.1, -0.05) is 32.4 Å². The third kappa shape index (κ3) is 2.30. The molecule has 4 heteroatoms. The Bertz CT molecular complexity index is 710. The number of carbonyl (C=O) groups is 2. The molecule has 4 nitrogen and oxygen atoms in total. The van der Waals surface area contributed by atoms with E-state index in [1.165, 1.54) is 5.57 Å². The summed E-state index contributed by atoms with van der Waals surface area (Å²) in [6, 6.07) is 0. The molecule has 2 unspecified atom stereocenters. The van der Waals surface area contributed by atoms with Crippen LogP contribution in [0, 0.1) is 40.4 Å². The van der Waals surface area contributed by atoms with Gasteiger partial charge in [0.25, 0.3) is 0 Å². The van der Waals surface area contributed by atoms with Crippen molar-refractivity contribution in [2.45, 2.75) is 59.0 Å². The van der Waals surface area contributed by atoms with Crippen molar-refractivity contribution >= 4 is 11.7 Å². The van der Waals surface area contributed by atoms with Gasteiger partial charge in [0.2, 0.25) is 5.91 Å². The molecule has 142 valence electrons. The van der Waals surface area contributed by atoms with E-state index in [0.29, 0.717) is 11.8 Å². The zero-order chi connectivity index (χ0) is 18.9. The van der Waals surface area contributed by atoms with E-state index in [1.807, 2.05) is 13.0 Å². The maximum atomic E-state index is 11.8. The summed E-state index contributed by atoms with van der Waals surface area (Å²) in [5, 5.41) is 11.3. The molecule has 0 spiro atoms. The van der Waals surface area contributed by atoms with Crippen LogP contribution < -0.4 is 5.73 Å². The average Bonchev–Trinajstić information content (AvgIpc) is 2.90. The summed E-state index contributed by atoms with van der Waals surface area (Å²) >= 11 is 0. The van der Waals surface area contributed by atoms with Gasteiger partial charge < -0.3 is 10.8 Å². The number of amides is 1. The molecule has 4 aliphatic carbocycles. The van der Waals surface area contributed by atoms with Crippen LogP contribution >= 0.6 is 0 Å². The van der Waals surface area contributed by atoms with Crippen LogP contribution in [-0.4, -0.2) is 22.9 Å². The van der Waals surface area contributed by atoms with E-state index in [0.717, 1.165) is 32.1 Å². The minimum absolute atomic E-state index is 0.0270. The van der Waals surface area contributed by atoms with E-state index in [1.54, 1.807) is 12.2 Å². The Hall–Kier alpha value is -1.42. The largest absolute Gasteiger partial charge is 0.393 e. The van der Waals surface area contributed by atoms with Gasteiger partial charge in [-0.15, -0.1) is 0 Å². The first-order chi connectivity index (χ1) is 12.2. The van der Waals surface area contributed by atoms with Crippen molar-refractivity contribution in [3.05, 3.63) is 23.8 Å². The highest BCUT2D eigenvalue weighted by Crippen LogP contribution is 2.66. The van der Waals surface area contributed by atoms with Crippen LogP contribution in [0.3, 0.4) is 0 Å². The second kappa shape index (κ2) is 5.79. The van der Waals surface area contributed by atoms with Gasteiger partial charge in [-0.2, -0.15) is 0 Å². The van der Waals surface area contributed by atoms with Gasteiger partial charge in [-0.3, -0.25) is 9.59 Å². The Balaban J connectivity index is 1.70. The quantitative estimate of drug-likeness (QED) is 0.797. The van der Waals surface area contributed by atoms with Crippen LogP contribution in [0.2, 0.25) is 0 Å². The smallest absolute Gasteiger partial charge is 0.220 e. The van der Waals surface area contributed by atoms with Gasteiger partial charge in [-0.05, 0) is 67.4 Å². The van der Waals surface area contributed by atoms with E-state index in [9.17, 15) is 14.7 Å². The number of rotatable bonds is 2. The van der Waals surface area contributed by atoms with Crippen molar-refractivity contribution in [3.8, 4) is 0 Å². The SMILES string of the molecule is CC(C(N)=O)[C@H]1CC[C@H]2[C@@H]3CCC4=CC(=O)C=C[C@]4(C)[C@H]3C(O)C[C@]12C. The molecule has 3 N–H and O–H groups in total. The molecule has 0 radical (unpaired) electrons. The normalized spacial score (nSPS) is 48.2. The third-order valence-corrected chi connectivity index (χ3v) is 8.62. The summed E-state index contributed by atoms with van der Waals surface area (Å²) in [5.41, 5.74) is 6.58. The molecule has 0 saturated heterocycles. The molecule has 4 aliphatic rings. The maximum absolute atomic E-state index is 11.8. The first-order valence-corrected chi connectivity index (χ1v) is 10.1. The van der Waals surface area contributed by atoms with Gasteiger partial charge in [0.05, 0.1) is 6.10 Å². The fraction of sp³-hybridized carbons (Fsp3) is 0.727. The van der Waals surface area contributed by atoms with Crippen LogP contribution in [0.4, 0.5) is 0 Å². The zero-order valence-corrected chi connectivity index (χ0v) is 16.1. The molecular formula is C22H31NO3. The van der Waals surface area contributed by atoms with Crippen LogP contribution in [0.15, 0.2) is 23.8 Å². The molecule has 8 atom stereocenters. The van der Waals surface area contributed by atoms with Crippen molar-refractivity contribution in [2.24, 2.45) is 46.2 Å². The summed E-state index contributed by atoms with van der Waals surface area (Å²) in [4.78, 5) is 23.7. The Kier molecular flexibility index (Phi) is 4.00. The van der Waals surface area contributed by atoms with E-state index in [2.05, 4.69) is 13.8 Å². The minimum atomic E-state index is -0.409. The predicted molar refractivity (Wildman–Crippen MR) is 99.9 cm³/mol. The number of aliphatic hydroxyl groups is 1. The number of aliphatic hydroxyl groups excluding tert-OH is 1. The molecule has 0 aliphatic heterocycles. The Morgan fingerprint density at radius 2 is 2.04 bits per heavy atom. The van der Waals surface area contributed by atoms with Crippen molar-refractivity contribution in [2.75, 3.05) is 0 Å². The molecule has 26 heavy (non-hydrogen) atoms. The Morgan fingerprint density at radius 1 is 1.31 bits per heavy atom. The van der Waals surface area contributed by atoms with Crippen LogP contribution in [-0.2, 0) is 9.59 Å². The molecule has 0 aromatic carbocycles. The van der Waals surface area contributed by atoms with Crippen molar-refractivity contribution < 1.29 is 14.7 Å². The Labute approximate surface area is 155 Å². The average molecular weight is 357 g/mol. The monoisotopic (exact) mass is 357 g/mol. The molecule has 1 amide bonds. The topological polar surface area (TPSA) is 80.4 Å². The number of nitrogens with two attached hydrogens (primary N) is 1. The number of fused-ring (bicyclic) bond motifs is 5. The minimum Gasteiger partial charge on any atom is -0.393 e. The number of ketones is 1. The van der Waals surface area contributed by atoms with Gasteiger partial charge in [0, 0.05) is 17.3 Å². The first kappa shape index (κ1) is 18.0. The molecule has 0 aromatic rings. The number of carbonyl (C=O) groups excluding carboxylic acids is 2. The van der Waals surface area contributed by atoms with Gasteiger partial charge in [-0.25, -0.2) is 0 Å². The summed E-state index contributed by atoms with van der Waals surface area (Å²) < 4.78 is 0. The van der Waals surface area contributed by atoms with Crippen molar-refractivity contribution in [1.82, 2.24) is 0 Å². The van der Waals surface area contributed by atoms with Gasteiger partial charge >= 0.3 is 0 Å². The number of hydrogen-bond acceptors (Lipinski definition) is 3. The lowest BCUT2D eigenvalue weighted by Crippen LogP contribution is -2.56. The summed E-state index contributed by atoms with van der Waals surface area (Å²) in [5.74, 6) is 1.09. The number of hydrogen-bond donors (Lipinski definition) is 2. The van der Waals surface area contributed by atoms with Crippen LogP contribution in [0.25, 0.3) is 0 Å². The molecule has 0 bridgehead atoms. The molecule has 0 heterocycles. The zero-order valence-electron chi connectivity index (χ0n) is 16.1. The lowest BCUT2D eigenvalue weighted by molar-refractivity contribution is -0.134. The second-order valence-corrected chi connectivity index (χ2v) is 9.67. The van der Waals surface area contributed by atoms with Gasteiger partial charge in [0.1, 0.15) is 0 Å². The second-order valence-electron chi connectivity index (χ2n) is 9.67. The maximum Gasteiger partial charge on any atom is 0.220 e. The molecular weight excluding hydrogens is 326 g/mol. The molecule has 4 rings (SSSR count). The van der Waals surface area contributed by atoms with Crippen LogP contribution in [0.5, 0.6) is 0 Å². The standard InChI is InChI=1S/C22H31NO3/c1-12(20(23)26)16-6-7-17-15-5-4-13-10-14(24)8-9-21(13,2)19(15)18(25)11-22(16,17)3/h8-10,12,15-19,25H,4-7,11H2,1-3H3,(H2,23,26)/t12?,15-,16+,17-,18?,19+,21-,22+/m0/s1. The van der Waals surface area contributed by atoms with Crippen molar-refractivity contribution in [1.29, 1.82) is 0 Å². The highest BCUT2D eigenvalue weighted by atomic mass is 16.3. The summed E-state index contributed by atoms with van der Waals surface area (Å²) in [6.07, 6.45) is 9.94. The predicted octanol–water partition coefficient (Wildman–Crippen LogP) is 3.00. The first-order valence-electron chi connectivity index (χ1n) is 10.1.